The van der Waals surface area contributed by atoms with Crippen molar-refractivity contribution >= 4 is 22.6 Å². The van der Waals surface area contributed by atoms with Crippen molar-refractivity contribution in [3.05, 3.63) is 61.7 Å². The molecule has 4 rings (SSSR count). The summed E-state index contributed by atoms with van der Waals surface area (Å²) in [5, 5.41) is 3.65. The molecule has 0 atom stereocenters. The molecule has 8 heteroatoms. The molecule has 0 saturated carbocycles. The monoisotopic (exact) mass is 401 g/mol. The van der Waals surface area contributed by atoms with Gasteiger partial charge in [0.05, 0.1) is 14.2 Å². The van der Waals surface area contributed by atoms with Crippen molar-refractivity contribution in [2.24, 2.45) is 0 Å². The van der Waals surface area contributed by atoms with E-state index in [0.717, 1.165) is 33.3 Å². The molecule has 150 valence electrons. The van der Waals surface area contributed by atoms with Gasteiger partial charge in [0.2, 0.25) is 17.7 Å². The first-order valence-electron chi connectivity index (χ1n) is 9.08. The normalized spacial score (nSPS) is 10.6. The largest absolute Gasteiger partial charge is 0.481 e. The lowest BCUT2D eigenvalue weighted by atomic mass is 10.0. The number of anilines is 1. The van der Waals surface area contributed by atoms with Gasteiger partial charge in [-0.2, -0.15) is 0 Å². The smallest absolute Gasteiger partial charge is 0.247 e. The molecule has 4 heterocycles. The summed E-state index contributed by atoms with van der Waals surface area (Å²) in [6.45, 7) is 3.47. The molecule has 0 fully saturated rings. The Balaban J connectivity index is 1.79. The zero-order valence-corrected chi connectivity index (χ0v) is 16.5. The molecular weight excluding hydrogens is 382 g/mol. The molecule has 0 unspecified atom stereocenters. The second-order valence-corrected chi connectivity index (χ2v) is 6.38. The molecule has 8 nitrogen and oxygen atoms in total. The minimum absolute atomic E-state index is 0.314. The summed E-state index contributed by atoms with van der Waals surface area (Å²) >= 11 is 0. The summed E-state index contributed by atoms with van der Waals surface area (Å²) in [6.07, 6.45) is 8.21. The number of pyridine rings is 3. The Morgan fingerprint density at radius 1 is 1.07 bits per heavy atom. The third-order valence-corrected chi connectivity index (χ3v) is 4.61. The van der Waals surface area contributed by atoms with Crippen LogP contribution in [0, 0.1) is 0 Å². The summed E-state index contributed by atoms with van der Waals surface area (Å²) in [5.41, 5.74) is 4.76. The number of carbonyl (C=O) groups is 1. The molecule has 0 saturated heterocycles. The molecule has 0 aliphatic rings. The molecule has 1 amide bonds. The quantitative estimate of drug-likeness (QED) is 0.476. The van der Waals surface area contributed by atoms with Crippen LogP contribution in [0.1, 0.15) is 0 Å². The molecule has 0 spiro atoms. The summed E-state index contributed by atoms with van der Waals surface area (Å²) in [5.74, 6) is 0.502. The van der Waals surface area contributed by atoms with E-state index in [1.807, 2.05) is 24.4 Å². The Hall–Kier alpha value is -4.20. The number of nitrogens with one attached hydrogen (secondary N) is 2. The number of rotatable bonds is 6. The summed E-state index contributed by atoms with van der Waals surface area (Å²) < 4.78 is 10.5. The standard InChI is InChI=1S/C22H19N5O3/c1-4-19(28)27-18-8-15(11-26-22(18)30-3)14-7-16-17(12-25-21(16)24-10-14)13-5-6-23-20(9-13)29-2/h4-12H,1H2,2-3H3,(H,24,25)(H,27,28). The SMILES string of the molecule is C=CC(=O)Nc1cc(-c2cnc3[nH]cc(-c4ccnc(OC)c4)c3c2)cnc1OC. The number of ether oxygens (including phenoxy) is 2. The highest BCUT2D eigenvalue weighted by atomic mass is 16.5. The van der Waals surface area contributed by atoms with Crippen LogP contribution >= 0.6 is 0 Å². The lowest BCUT2D eigenvalue weighted by Gasteiger charge is -2.10. The average molecular weight is 401 g/mol. The van der Waals surface area contributed by atoms with E-state index in [1.54, 1.807) is 31.8 Å². The van der Waals surface area contributed by atoms with Crippen LogP contribution in [0.5, 0.6) is 11.8 Å². The maximum atomic E-state index is 11.7. The molecule has 0 aliphatic heterocycles. The highest BCUT2D eigenvalue weighted by Crippen LogP contribution is 2.33. The van der Waals surface area contributed by atoms with Gasteiger partial charge in [-0.15, -0.1) is 0 Å². The second-order valence-electron chi connectivity index (χ2n) is 6.38. The minimum atomic E-state index is -0.347. The number of carbonyl (C=O) groups excluding carboxylic acids is 1. The number of aromatic amines is 1. The van der Waals surface area contributed by atoms with Crippen LogP contribution in [0.4, 0.5) is 5.69 Å². The van der Waals surface area contributed by atoms with Gasteiger partial charge in [-0.05, 0) is 29.8 Å². The molecule has 2 N–H and O–H groups in total. The minimum Gasteiger partial charge on any atom is -0.481 e. The van der Waals surface area contributed by atoms with Gasteiger partial charge in [0.15, 0.2) is 0 Å². The molecule has 0 aliphatic carbocycles. The highest BCUT2D eigenvalue weighted by Gasteiger charge is 2.13. The van der Waals surface area contributed by atoms with E-state index in [2.05, 4.69) is 31.8 Å². The van der Waals surface area contributed by atoms with Crippen LogP contribution in [0.15, 0.2) is 61.7 Å². The maximum Gasteiger partial charge on any atom is 0.247 e. The van der Waals surface area contributed by atoms with E-state index in [0.29, 0.717) is 17.4 Å². The average Bonchev–Trinajstić information content (AvgIpc) is 3.22. The number of nitrogens with zero attached hydrogens (tertiary/aromatic N) is 3. The lowest BCUT2D eigenvalue weighted by molar-refractivity contribution is -0.111. The molecular formula is C22H19N5O3. The fraction of sp³-hybridized carbons (Fsp3) is 0.0909. The zero-order valence-electron chi connectivity index (χ0n) is 16.5. The van der Waals surface area contributed by atoms with E-state index in [1.165, 1.54) is 13.2 Å². The first kappa shape index (κ1) is 19.1. The first-order chi connectivity index (χ1) is 14.6. The highest BCUT2D eigenvalue weighted by molar-refractivity contribution is 6.00. The van der Waals surface area contributed by atoms with Crippen LogP contribution in [0.25, 0.3) is 33.3 Å². The van der Waals surface area contributed by atoms with E-state index >= 15 is 0 Å². The van der Waals surface area contributed by atoms with Gasteiger partial charge in [0.1, 0.15) is 11.3 Å². The van der Waals surface area contributed by atoms with Crippen molar-refractivity contribution in [3.8, 4) is 34.0 Å². The summed E-state index contributed by atoms with van der Waals surface area (Å²) in [4.78, 5) is 27.9. The van der Waals surface area contributed by atoms with Gasteiger partial charge in [0.25, 0.3) is 0 Å². The summed E-state index contributed by atoms with van der Waals surface area (Å²) in [7, 11) is 3.08. The molecule has 4 aromatic rings. The number of methoxy groups -OCH3 is 2. The molecule has 0 aromatic carbocycles. The second kappa shape index (κ2) is 8.04. The number of hydrogen-bond donors (Lipinski definition) is 2. The van der Waals surface area contributed by atoms with E-state index in [9.17, 15) is 4.79 Å². The Kier molecular flexibility index (Phi) is 5.13. The van der Waals surface area contributed by atoms with E-state index in [-0.39, 0.29) is 5.91 Å². The van der Waals surface area contributed by atoms with Crippen LogP contribution in [-0.4, -0.2) is 40.1 Å². The van der Waals surface area contributed by atoms with Crippen molar-refractivity contribution in [1.29, 1.82) is 0 Å². The Bertz CT molecular complexity index is 1250. The fourth-order valence-corrected chi connectivity index (χ4v) is 3.13. The fourth-order valence-electron chi connectivity index (χ4n) is 3.13. The van der Waals surface area contributed by atoms with Crippen LogP contribution in [0.3, 0.4) is 0 Å². The van der Waals surface area contributed by atoms with Gasteiger partial charge < -0.3 is 19.8 Å². The van der Waals surface area contributed by atoms with Crippen molar-refractivity contribution in [1.82, 2.24) is 19.9 Å². The van der Waals surface area contributed by atoms with Gasteiger partial charge in [-0.25, -0.2) is 15.0 Å². The summed E-state index contributed by atoms with van der Waals surface area (Å²) in [6, 6.07) is 7.59. The predicted octanol–water partition coefficient (Wildman–Crippen LogP) is 3.83. The zero-order chi connectivity index (χ0) is 21.1. The van der Waals surface area contributed by atoms with E-state index in [4.69, 9.17) is 9.47 Å². The van der Waals surface area contributed by atoms with Crippen LogP contribution in [0.2, 0.25) is 0 Å². The third-order valence-electron chi connectivity index (χ3n) is 4.61. The third kappa shape index (κ3) is 3.58. The molecule has 30 heavy (non-hydrogen) atoms. The van der Waals surface area contributed by atoms with E-state index < -0.39 is 0 Å². The maximum absolute atomic E-state index is 11.7. The van der Waals surface area contributed by atoms with Gasteiger partial charge >= 0.3 is 0 Å². The number of fused-ring (bicyclic) bond motifs is 1. The Labute approximate surface area is 172 Å². The van der Waals surface area contributed by atoms with Crippen molar-refractivity contribution < 1.29 is 14.3 Å². The van der Waals surface area contributed by atoms with Gasteiger partial charge in [-0.1, -0.05) is 6.58 Å². The van der Waals surface area contributed by atoms with Crippen molar-refractivity contribution in [2.75, 3.05) is 19.5 Å². The number of amides is 1. The first-order valence-corrected chi connectivity index (χ1v) is 9.08. The topological polar surface area (TPSA) is 102 Å². The molecule has 4 aromatic heterocycles. The van der Waals surface area contributed by atoms with Crippen LogP contribution in [-0.2, 0) is 4.79 Å². The van der Waals surface area contributed by atoms with Crippen LogP contribution < -0.4 is 14.8 Å². The molecule has 0 radical (unpaired) electrons. The number of hydrogen-bond acceptors (Lipinski definition) is 6. The van der Waals surface area contributed by atoms with Gasteiger partial charge in [0, 0.05) is 52.9 Å². The Morgan fingerprint density at radius 2 is 1.87 bits per heavy atom. The predicted molar refractivity (Wildman–Crippen MR) is 114 cm³/mol. The molecule has 0 bridgehead atoms. The lowest BCUT2D eigenvalue weighted by Crippen LogP contribution is -2.09. The number of aromatic nitrogens is 4. The Morgan fingerprint density at radius 3 is 2.63 bits per heavy atom. The number of H-pyrrole nitrogens is 1. The van der Waals surface area contributed by atoms with Gasteiger partial charge in [-0.3, -0.25) is 4.79 Å². The van der Waals surface area contributed by atoms with Crippen molar-refractivity contribution in [2.45, 2.75) is 0 Å². The van der Waals surface area contributed by atoms with Crippen molar-refractivity contribution in [3.63, 3.8) is 0 Å².